The summed E-state index contributed by atoms with van der Waals surface area (Å²) in [7, 11) is 0. The molecule has 25 heavy (non-hydrogen) atoms. The van der Waals surface area contributed by atoms with Crippen LogP contribution in [-0.2, 0) is 11.3 Å². The summed E-state index contributed by atoms with van der Waals surface area (Å²) in [5.41, 5.74) is 1.52. The van der Waals surface area contributed by atoms with E-state index in [1.807, 2.05) is 30.3 Å². The summed E-state index contributed by atoms with van der Waals surface area (Å²) < 4.78 is 7.26. The number of benzene rings is 1. The number of amides is 1. The second kappa shape index (κ2) is 6.36. The van der Waals surface area contributed by atoms with Crippen molar-refractivity contribution in [3.8, 4) is 6.07 Å². The fourth-order valence-electron chi connectivity index (χ4n) is 3.17. The maximum Gasteiger partial charge on any atom is 0.252 e. The average Bonchev–Trinajstić information content (AvgIpc) is 3.28. The molecule has 2 aromatic heterocycles. The summed E-state index contributed by atoms with van der Waals surface area (Å²) in [6.07, 6.45) is 4.19. The van der Waals surface area contributed by atoms with E-state index >= 15 is 0 Å². The Kier molecular flexibility index (Phi) is 3.90. The van der Waals surface area contributed by atoms with Crippen LogP contribution in [0.25, 0.3) is 11.1 Å². The van der Waals surface area contributed by atoms with Crippen molar-refractivity contribution in [1.29, 1.82) is 5.26 Å². The van der Waals surface area contributed by atoms with Gasteiger partial charge in [-0.3, -0.25) is 4.79 Å². The molecule has 8 heteroatoms. The molecule has 0 radical (unpaired) electrons. The summed E-state index contributed by atoms with van der Waals surface area (Å²) in [5.74, 6) is 0.550. The minimum absolute atomic E-state index is 0.0470. The molecule has 1 amide bonds. The van der Waals surface area contributed by atoms with Crippen LogP contribution >= 0.6 is 0 Å². The van der Waals surface area contributed by atoms with Crippen molar-refractivity contribution in [2.24, 2.45) is 0 Å². The molecule has 0 bridgehead atoms. The lowest BCUT2D eigenvalue weighted by molar-refractivity contribution is -0.136. The number of likely N-dealkylation sites (tertiary alicyclic amines) is 1. The van der Waals surface area contributed by atoms with Gasteiger partial charge in [0, 0.05) is 6.54 Å². The lowest BCUT2D eigenvalue weighted by Crippen LogP contribution is -2.40. The number of nitrogens with zero attached hydrogens (tertiary/aromatic N) is 6. The Morgan fingerprint density at radius 1 is 1.36 bits per heavy atom. The van der Waals surface area contributed by atoms with Crippen molar-refractivity contribution in [1.82, 2.24) is 24.6 Å². The Labute approximate surface area is 143 Å². The van der Waals surface area contributed by atoms with Crippen molar-refractivity contribution in [2.75, 3.05) is 6.54 Å². The Balaban J connectivity index is 1.57. The fourth-order valence-corrected chi connectivity index (χ4v) is 3.17. The molecule has 3 heterocycles. The SMILES string of the molecule is N#Cc1ncn(CC(=O)N2CCCCC2c2nc3ccccc3o2)n1. The monoisotopic (exact) mass is 336 g/mol. The quantitative estimate of drug-likeness (QED) is 0.725. The summed E-state index contributed by atoms with van der Waals surface area (Å²) >= 11 is 0. The number of piperidine rings is 1. The highest BCUT2D eigenvalue weighted by atomic mass is 16.3. The normalized spacial score (nSPS) is 17.6. The molecule has 1 aliphatic heterocycles. The Morgan fingerprint density at radius 2 is 2.24 bits per heavy atom. The third kappa shape index (κ3) is 2.96. The number of hydrogen-bond acceptors (Lipinski definition) is 6. The maximum atomic E-state index is 12.7. The Morgan fingerprint density at radius 3 is 3.04 bits per heavy atom. The van der Waals surface area contributed by atoms with Crippen LogP contribution in [0.2, 0.25) is 0 Å². The largest absolute Gasteiger partial charge is 0.438 e. The van der Waals surface area contributed by atoms with Gasteiger partial charge in [-0.1, -0.05) is 12.1 Å². The van der Waals surface area contributed by atoms with Crippen LogP contribution in [0.1, 0.15) is 37.0 Å². The molecule has 126 valence electrons. The number of oxazole rings is 1. The number of hydrogen-bond donors (Lipinski definition) is 0. The molecule has 0 saturated carbocycles. The molecule has 0 spiro atoms. The molecule has 4 rings (SSSR count). The first kappa shape index (κ1) is 15.3. The number of carbonyl (C=O) groups excluding carboxylic acids is 1. The van der Waals surface area contributed by atoms with Crippen molar-refractivity contribution >= 4 is 17.0 Å². The van der Waals surface area contributed by atoms with Gasteiger partial charge in [-0.25, -0.2) is 14.6 Å². The van der Waals surface area contributed by atoms with Crippen LogP contribution in [-0.4, -0.2) is 37.1 Å². The summed E-state index contributed by atoms with van der Waals surface area (Å²) in [6, 6.07) is 9.27. The number of nitriles is 1. The van der Waals surface area contributed by atoms with Gasteiger partial charge < -0.3 is 9.32 Å². The van der Waals surface area contributed by atoms with Gasteiger partial charge in [0.2, 0.25) is 11.8 Å². The molecule has 1 fully saturated rings. The van der Waals surface area contributed by atoms with E-state index in [-0.39, 0.29) is 24.3 Å². The van der Waals surface area contributed by atoms with Crippen LogP contribution in [0.15, 0.2) is 35.0 Å². The third-order valence-corrected chi connectivity index (χ3v) is 4.35. The zero-order valence-corrected chi connectivity index (χ0v) is 13.5. The smallest absolute Gasteiger partial charge is 0.252 e. The number of fused-ring (bicyclic) bond motifs is 1. The molecule has 8 nitrogen and oxygen atoms in total. The van der Waals surface area contributed by atoms with Crippen molar-refractivity contribution in [3.63, 3.8) is 0 Å². The Hall–Kier alpha value is -3.21. The molecular weight excluding hydrogens is 320 g/mol. The predicted molar refractivity (Wildman–Crippen MR) is 87.1 cm³/mol. The predicted octanol–water partition coefficient (Wildman–Crippen LogP) is 2.04. The van der Waals surface area contributed by atoms with Gasteiger partial charge in [-0.05, 0) is 31.4 Å². The van der Waals surface area contributed by atoms with E-state index in [4.69, 9.17) is 9.68 Å². The Bertz CT molecular complexity index is 920. The lowest BCUT2D eigenvalue weighted by atomic mass is 10.0. The van der Waals surface area contributed by atoms with E-state index in [1.54, 1.807) is 4.90 Å². The zero-order chi connectivity index (χ0) is 17.2. The third-order valence-electron chi connectivity index (χ3n) is 4.35. The molecule has 1 saturated heterocycles. The molecule has 1 atom stereocenters. The molecule has 1 unspecified atom stereocenters. The molecule has 3 aromatic rings. The van der Waals surface area contributed by atoms with E-state index in [0.29, 0.717) is 12.4 Å². The highest BCUT2D eigenvalue weighted by Gasteiger charge is 2.31. The second-order valence-corrected chi connectivity index (χ2v) is 6.00. The van der Waals surface area contributed by atoms with Crippen molar-refractivity contribution in [2.45, 2.75) is 31.8 Å². The van der Waals surface area contributed by atoms with Crippen LogP contribution in [0, 0.1) is 11.3 Å². The van der Waals surface area contributed by atoms with E-state index in [9.17, 15) is 4.79 Å². The molecule has 1 aromatic carbocycles. The molecule has 1 aliphatic rings. The van der Waals surface area contributed by atoms with E-state index in [1.165, 1.54) is 11.0 Å². The lowest BCUT2D eigenvalue weighted by Gasteiger charge is -2.33. The summed E-state index contributed by atoms with van der Waals surface area (Å²) in [4.78, 5) is 22.9. The van der Waals surface area contributed by atoms with E-state index in [2.05, 4.69) is 15.1 Å². The van der Waals surface area contributed by atoms with Gasteiger partial charge in [0.15, 0.2) is 5.58 Å². The highest BCUT2D eigenvalue weighted by molar-refractivity contribution is 5.77. The topological polar surface area (TPSA) is 101 Å². The number of rotatable bonds is 3. The highest BCUT2D eigenvalue weighted by Crippen LogP contribution is 2.32. The van der Waals surface area contributed by atoms with Gasteiger partial charge in [0.1, 0.15) is 30.5 Å². The first-order chi connectivity index (χ1) is 12.2. The van der Waals surface area contributed by atoms with E-state index < -0.39 is 0 Å². The van der Waals surface area contributed by atoms with Gasteiger partial charge in [0.25, 0.3) is 5.82 Å². The van der Waals surface area contributed by atoms with Crippen LogP contribution in [0.5, 0.6) is 0 Å². The summed E-state index contributed by atoms with van der Waals surface area (Å²) in [6.45, 7) is 0.702. The number of para-hydroxylation sites is 2. The summed E-state index contributed by atoms with van der Waals surface area (Å²) in [5, 5.41) is 12.7. The van der Waals surface area contributed by atoms with Crippen LogP contribution in [0.4, 0.5) is 0 Å². The molecular formula is C17H16N6O2. The van der Waals surface area contributed by atoms with Crippen molar-refractivity contribution < 1.29 is 9.21 Å². The first-order valence-electron chi connectivity index (χ1n) is 8.19. The molecule has 0 N–H and O–H groups in total. The molecule has 0 aliphatic carbocycles. The zero-order valence-electron chi connectivity index (χ0n) is 13.5. The standard InChI is InChI=1S/C17H16N6O2/c18-9-15-19-11-22(21-15)10-16(24)23-8-4-3-6-13(23)17-20-12-5-1-2-7-14(12)25-17/h1-2,5,7,11,13H,3-4,6,8,10H2. The number of carbonyl (C=O) groups is 1. The average molecular weight is 336 g/mol. The first-order valence-corrected chi connectivity index (χ1v) is 8.19. The van der Waals surface area contributed by atoms with Crippen LogP contribution < -0.4 is 0 Å². The van der Waals surface area contributed by atoms with Gasteiger partial charge in [0.05, 0.1) is 0 Å². The van der Waals surface area contributed by atoms with Crippen molar-refractivity contribution in [3.05, 3.63) is 42.3 Å². The fraction of sp³-hybridized carbons (Fsp3) is 0.353. The van der Waals surface area contributed by atoms with E-state index in [0.717, 1.165) is 30.4 Å². The van der Waals surface area contributed by atoms with Gasteiger partial charge in [-0.2, -0.15) is 5.26 Å². The van der Waals surface area contributed by atoms with Gasteiger partial charge >= 0.3 is 0 Å². The minimum atomic E-state index is -0.174. The number of aromatic nitrogens is 4. The second-order valence-electron chi connectivity index (χ2n) is 6.00. The van der Waals surface area contributed by atoms with Gasteiger partial charge in [-0.15, -0.1) is 5.10 Å². The van der Waals surface area contributed by atoms with Crippen LogP contribution in [0.3, 0.4) is 0 Å². The minimum Gasteiger partial charge on any atom is -0.438 e. The maximum absolute atomic E-state index is 12.7.